The summed E-state index contributed by atoms with van der Waals surface area (Å²) < 4.78 is 11.3. The molecule has 0 unspecified atom stereocenters. The van der Waals surface area contributed by atoms with Gasteiger partial charge in [0.2, 0.25) is 11.8 Å². The van der Waals surface area contributed by atoms with Crippen molar-refractivity contribution in [1.29, 1.82) is 0 Å². The lowest BCUT2D eigenvalue weighted by Crippen LogP contribution is -2.47. The van der Waals surface area contributed by atoms with Gasteiger partial charge in [0, 0.05) is 57.0 Å². The summed E-state index contributed by atoms with van der Waals surface area (Å²) in [6, 6.07) is 9.04. The van der Waals surface area contributed by atoms with Crippen LogP contribution in [0.2, 0.25) is 0 Å². The molecule has 1 aromatic carbocycles. The lowest BCUT2D eigenvalue weighted by Gasteiger charge is -2.32. The van der Waals surface area contributed by atoms with Crippen molar-refractivity contribution in [3.63, 3.8) is 0 Å². The normalized spacial score (nSPS) is 17.2. The van der Waals surface area contributed by atoms with E-state index in [-0.39, 0.29) is 24.6 Å². The van der Waals surface area contributed by atoms with Crippen molar-refractivity contribution >= 4 is 17.6 Å². The number of aromatic nitrogens is 2. The van der Waals surface area contributed by atoms with Gasteiger partial charge in [-0.2, -0.15) is 0 Å². The number of carbonyl (C=O) groups excluding carboxylic acids is 2. The molecule has 0 saturated carbocycles. The number of hydrogen-bond acceptors (Lipinski definition) is 6. The number of anilines is 1. The van der Waals surface area contributed by atoms with Gasteiger partial charge in [0.05, 0.1) is 6.61 Å². The molecular weight excluding hydrogens is 398 g/mol. The van der Waals surface area contributed by atoms with Gasteiger partial charge in [0.1, 0.15) is 24.7 Å². The molecule has 4 rings (SSSR count). The summed E-state index contributed by atoms with van der Waals surface area (Å²) in [4.78, 5) is 38.7. The Morgan fingerprint density at radius 3 is 2.55 bits per heavy atom. The molecule has 1 aromatic heterocycles. The Bertz CT molecular complexity index is 885. The Hall–Kier alpha value is -3.36. The van der Waals surface area contributed by atoms with Crippen LogP contribution in [0.15, 0.2) is 42.9 Å². The first-order valence-corrected chi connectivity index (χ1v) is 10.6. The smallest absolute Gasteiger partial charge is 0.325 e. The number of amides is 3. The lowest BCUT2D eigenvalue weighted by atomic mass is 10.1. The topological polar surface area (TPSA) is 88.1 Å². The maximum Gasteiger partial charge on any atom is 0.325 e. The van der Waals surface area contributed by atoms with Gasteiger partial charge in [0.25, 0.3) is 0 Å². The maximum atomic E-state index is 12.8. The Morgan fingerprint density at radius 1 is 1.10 bits per heavy atom. The van der Waals surface area contributed by atoms with Crippen LogP contribution in [0.1, 0.15) is 19.8 Å². The molecule has 9 heteroatoms. The average molecular weight is 425 g/mol. The summed E-state index contributed by atoms with van der Waals surface area (Å²) in [5.41, 5.74) is 0.811. The average Bonchev–Trinajstić information content (AvgIpc) is 3.16. The van der Waals surface area contributed by atoms with Crippen molar-refractivity contribution < 1.29 is 19.1 Å². The summed E-state index contributed by atoms with van der Waals surface area (Å²) in [6.45, 7) is 4.95. The number of piperidine rings is 1. The predicted molar refractivity (Wildman–Crippen MR) is 114 cm³/mol. The zero-order valence-corrected chi connectivity index (χ0v) is 17.6. The minimum atomic E-state index is -0.139. The summed E-state index contributed by atoms with van der Waals surface area (Å²) in [5, 5.41) is 0. The molecule has 164 valence electrons. The zero-order chi connectivity index (χ0) is 21.6. The van der Waals surface area contributed by atoms with Gasteiger partial charge < -0.3 is 19.3 Å². The molecular formula is C22H27N5O4. The highest BCUT2D eigenvalue weighted by Crippen LogP contribution is 2.24. The molecule has 0 N–H and O–H groups in total. The van der Waals surface area contributed by atoms with Crippen LogP contribution in [0.4, 0.5) is 10.5 Å². The fourth-order valence-electron chi connectivity index (χ4n) is 3.86. The fraction of sp³-hybridized carbons (Fsp3) is 0.455. The number of carbonyl (C=O) groups is 2. The van der Waals surface area contributed by atoms with E-state index >= 15 is 0 Å². The van der Waals surface area contributed by atoms with Crippen LogP contribution in [0.3, 0.4) is 0 Å². The molecule has 0 spiro atoms. The van der Waals surface area contributed by atoms with Crippen LogP contribution in [0, 0.1) is 0 Å². The van der Waals surface area contributed by atoms with Gasteiger partial charge >= 0.3 is 6.03 Å². The minimum Gasteiger partial charge on any atom is -0.494 e. The Kier molecular flexibility index (Phi) is 6.49. The number of ether oxygens (including phenoxy) is 2. The van der Waals surface area contributed by atoms with Crippen LogP contribution in [-0.4, -0.2) is 77.1 Å². The van der Waals surface area contributed by atoms with E-state index in [0.717, 1.165) is 24.3 Å². The van der Waals surface area contributed by atoms with Crippen molar-refractivity contribution in [2.45, 2.75) is 25.9 Å². The summed E-state index contributed by atoms with van der Waals surface area (Å²) in [7, 11) is 0. The first kappa shape index (κ1) is 20.9. The van der Waals surface area contributed by atoms with Gasteiger partial charge in [-0.3, -0.25) is 9.69 Å². The Balaban J connectivity index is 1.26. The van der Waals surface area contributed by atoms with E-state index in [0.29, 0.717) is 38.7 Å². The number of benzene rings is 1. The second-order valence-electron chi connectivity index (χ2n) is 7.53. The fourth-order valence-corrected chi connectivity index (χ4v) is 3.86. The third-order valence-electron chi connectivity index (χ3n) is 5.52. The van der Waals surface area contributed by atoms with Crippen LogP contribution < -0.4 is 14.4 Å². The monoisotopic (exact) mass is 425 g/mol. The highest BCUT2D eigenvalue weighted by Gasteiger charge is 2.33. The first-order chi connectivity index (χ1) is 15.1. The molecule has 2 aromatic rings. The van der Waals surface area contributed by atoms with Crippen LogP contribution in [0.5, 0.6) is 11.6 Å². The van der Waals surface area contributed by atoms with E-state index < -0.39 is 0 Å². The molecule has 0 atom stereocenters. The van der Waals surface area contributed by atoms with E-state index in [1.807, 2.05) is 36.1 Å². The van der Waals surface area contributed by atoms with E-state index in [4.69, 9.17) is 9.47 Å². The van der Waals surface area contributed by atoms with E-state index in [1.165, 1.54) is 6.33 Å². The van der Waals surface area contributed by atoms with Crippen molar-refractivity contribution in [3.8, 4) is 11.6 Å². The van der Waals surface area contributed by atoms with Crippen LogP contribution in [0.25, 0.3) is 0 Å². The van der Waals surface area contributed by atoms with E-state index in [9.17, 15) is 9.59 Å². The molecule has 2 aliphatic rings. The highest BCUT2D eigenvalue weighted by atomic mass is 16.5. The molecule has 0 radical (unpaired) electrons. The summed E-state index contributed by atoms with van der Waals surface area (Å²) in [5.74, 6) is 1.30. The molecule has 2 saturated heterocycles. The van der Waals surface area contributed by atoms with Crippen LogP contribution >= 0.6 is 0 Å². The zero-order valence-electron chi connectivity index (χ0n) is 17.6. The quantitative estimate of drug-likeness (QED) is 0.676. The third kappa shape index (κ3) is 5.04. The molecule has 2 fully saturated rings. The second-order valence-corrected chi connectivity index (χ2v) is 7.53. The maximum absolute atomic E-state index is 12.8. The van der Waals surface area contributed by atoms with Gasteiger partial charge in [-0.25, -0.2) is 14.8 Å². The van der Waals surface area contributed by atoms with Crippen LogP contribution in [-0.2, 0) is 4.79 Å². The molecule has 31 heavy (non-hydrogen) atoms. The minimum absolute atomic E-state index is 0.0256. The second kappa shape index (κ2) is 9.63. The van der Waals surface area contributed by atoms with Crippen molar-refractivity contribution in [2.24, 2.45) is 0 Å². The Labute approximate surface area is 181 Å². The molecule has 9 nitrogen and oxygen atoms in total. The van der Waals surface area contributed by atoms with Crippen molar-refractivity contribution in [2.75, 3.05) is 44.2 Å². The number of hydrogen-bond donors (Lipinski definition) is 0. The summed E-state index contributed by atoms with van der Waals surface area (Å²) in [6.07, 6.45) is 4.61. The molecule has 3 amide bonds. The number of urea groups is 1. The molecule has 2 aliphatic heterocycles. The number of likely N-dealkylation sites (tertiary alicyclic amines) is 1. The van der Waals surface area contributed by atoms with Gasteiger partial charge in [0.15, 0.2) is 0 Å². The predicted octanol–water partition coefficient (Wildman–Crippen LogP) is 2.19. The first-order valence-electron chi connectivity index (χ1n) is 10.6. The van der Waals surface area contributed by atoms with E-state index in [2.05, 4.69) is 9.97 Å². The van der Waals surface area contributed by atoms with Gasteiger partial charge in [-0.1, -0.05) is 0 Å². The van der Waals surface area contributed by atoms with Gasteiger partial charge in [-0.15, -0.1) is 0 Å². The number of nitrogens with zero attached hydrogens (tertiary/aromatic N) is 5. The molecule has 3 heterocycles. The van der Waals surface area contributed by atoms with E-state index in [1.54, 1.807) is 22.1 Å². The lowest BCUT2D eigenvalue weighted by molar-refractivity contribution is -0.133. The SMILES string of the molecule is CCOc1ccc(N2CCN(CC(=O)N3CCC(Oc4ccncn4)CC3)C2=O)cc1. The summed E-state index contributed by atoms with van der Waals surface area (Å²) >= 11 is 0. The number of rotatable bonds is 7. The standard InChI is InChI=1S/C22H27N5O4/c1-2-30-18-5-3-17(4-6-18)27-14-13-26(22(27)29)15-21(28)25-11-8-19(9-12-25)31-20-7-10-23-16-24-20/h3-7,10,16,19H,2,8-9,11-15H2,1H3. The third-order valence-corrected chi connectivity index (χ3v) is 5.52. The largest absolute Gasteiger partial charge is 0.494 e. The van der Waals surface area contributed by atoms with Crippen molar-refractivity contribution in [1.82, 2.24) is 19.8 Å². The molecule has 0 bridgehead atoms. The highest BCUT2D eigenvalue weighted by molar-refractivity contribution is 5.96. The van der Waals surface area contributed by atoms with Crippen molar-refractivity contribution in [3.05, 3.63) is 42.9 Å². The Morgan fingerprint density at radius 2 is 1.87 bits per heavy atom. The molecule has 0 aliphatic carbocycles. The van der Waals surface area contributed by atoms with Gasteiger partial charge in [-0.05, 0) is 31.2 Å².